The second-order valence-corrected chi connectivity index (χ2v) is 6.73. The summed E-state index contributed by atoms with van der Waals surface area (Å²) in [5.41, 5.74) is -0.830. The summed E-state index contributed by atoms with van der Waals surface area (Å²) >= 11 is 6.24. The molecule has 27 heavy (non-hydrogen) atoms. The van der Waals surface area contributed by atoms with E-state index in [1.54, 1.807) is 12.1 Å². The molecular formula is C19H18ClN3O4. The molecule has 0 saturated heterocycles. The molecule has 1 amide bonds. The first-order valence-electron chi connectivity index (χ1n) is 8.46. The van der Waals surface area contributed by atoms with E-state index in [0.29, 0.717) is 5.56 Å². The Kier molecular flexibility index (Phi) is 5.38. The number of carbonyl (C=O) groups is 1. The molecule has 140 valence electrons. The van der Waals surface area contributed by atoms with E-state index in [0.717, 1.165) is 28.4 Å². The molecule has 1 aromatic carbocycles. The van der Waals surface area contributed by atoms with Crippen LogP contribution in [-0.4, -0.2) is 20.1 Å². The van der Waals surface area contributed by atoms with Crippen molar-refractivity contribution in [2.24, 2.45) is 13.0 Å². The molecule has 1 aliphatic rings. The van der Waals surface area contributed by atoms with E-state index >= 15 is 0 Å². The summed E-state index contributed by atoms with van der Waals surface area (Å²) in [5, 5.41) is 11.9. The van der Waals surface area contributed by atoms with Crippen LogP contribution in [0.5, 0.6) is 5.75 Å². The lowest BCUT2D eigenvalue weighted by atomic mass is 9.85. The minimum atomic E-state index is -0.658. The molecule has 0 radical (unpaired) electrons. The van der Waals surface area contributed by atoms with E-state index in [-0.39, 0.29) is 35.0 Å². The first-order chi connectivity index (χ1) is 12.9. The number of amides is 1. The van der Waals surface area contributed by atoms with Gasteiger partial charge in [-0.1, -0.05) is 35.9 Å². The Morgan fingerprint density at radius 2 is 2.11 bits per heavy atom. The van der Waals surface area contributed by atoms with Gasteiger partial charge in [-0.15, -0.1) is 0 Å². The number of hydrogen-bond donors (Lipinski definition) is 2. The molecule has 2 N–H and O–H groups in total. The largest absolute Gasteiger partial charge is 0.508 e. The van der Waals surface area contributed by atoms with Crippen molar-refractivity contribution in [3.63, 3.8) is 0 Å². The molecule has 1 fully saturated rings. The Balaban J connectivity index is 1.92. The number of phenolic OH excluding ortho intramolecular Hbond substituents is 1. The monoisotopic (exact) mass is 387 g/mol. The molecule has 1 saturated carbocycles. The highest BCUT2D eigenvalue weighted by Gasteiger charge is 2.27. The summed E-state index contributed by atoms with van der Waals surface area (Å²) in [6.45, 7) is -0.0757. The van der Waals surface area contributed by atoms with Gasteiger partial charge in [-0.05, 0) is 31.0 Å². The third kappa shape index (κ3) is 3.91. The van der Waals surface area contributed by atoms with Crippen LogP contribution in [0.15, 0.2) is 33.9 Å². The third-order valence-electron chi connectivity index (χ3n) is 4.52. The number of hydrogen-bond acceptors (Lipinski definition) is 4. The van der Waals surface area contributed by atoms with Gasteiger partial charge in [-0.3, -0.25) is 18.7 Å². The van der Waals surface area contributed by atoms with Gasteiger partial charge in [0.1, 0.15) is 16.6 Å². The molecule has 8 heteroatoms. The minimum absolute atomic E-state index is 0.0757. The zero-order chi connectivity index (χ0) is 19.6. The maximum atomic E-state index is 12.4. The Labute approximate surface area is 160 Å². The lowest BCUT2D eigenvalue weighted by Gasteiger charge is -2.24. The van der Waals surface area contributed by atoms with E-state index in [9.17, 15) is 19.5 Å². The Morgan fingerprint density at radius 1 is 1.37 bits per heavy atom. The van der Waals surface area contributed by atoms with Gasteiger partial charge in [0, 0.05) is 18.5 Å². The summed E-state index contributed by atoms with van der Waals surface area (Å²) in [7, 11) is 1.32. The second-order valence-electron chi connectivity index (χ2n) is 6.37. The first-order valence-corrected chi connectivity index (χ1v) is 8.84. The zero-order valence-electron chi connectivity index (χ0n) is 14.7. The molecule has 0 unspecified atom stereocenters. The van der Waals surface area contributed by atoms with Crippen LogP contribution in [0.3, 0.4) is 0 Å². The second kappa shape index (κ2) is 7.72. The Bertz CT molecular complexity index is 1070. The number of aromatic nitrogens is 2. The number of aromatic hydroxyl groups is 1. The number of rotatable bonds is 3. The molecule has 0 bridgehead atoms. The molecule has 7 nitrogen and oxygen atoms in total. The van der Waals surface area contributed by atoms with Crippen LogP contribution >= 0.6 is 11.6 Å². The number of nitrogens with zero attached hydrogens (tertiary/aromatic N) is 2. The fourth-order valence-corrected chi connectivity index (χ4v) is 2.95. The average Bonchev–Trinajstić information content (AvgIpc) is 2.58. The van der Waals surface area contributed by atoms with Gasteiger partial charge < -0.3 is 10.4 Å². The van der Waals surface area contributed by atoms with Crippen molar-refractivity contribution in [2.45, 2.75) is 25.8 Å². The standard InChI is InChI=1S/C19H18ClN3O4/c1-22-18(26)15(21-17(25)13-7-3-8-13)16(20)23(19(22)27)10-4-6-12-5-2-9-14(24)11-12/h2,5,9,11,13,24H,3,7-8,10H2,1H3,(H,21,25). The molecule has 1 aliphatic carbocycles. The van der Waals surface area contributed by atoms with Crippen molar-refractivity contribution in [1.82, 2.24) is 9.13 Å². The molecular weight excluding hydrogens is 370 g/mol. The number of halogens is 1. The van der Waals surface area contributed by atoms with Gasteiger partial charge in [-0.25, -0.2) is 4.79 Å². The van der Waals surface area contributed by atoms with E-state index in [1.807, 2.05) is 0 Å². The highest BCUT2D eigenvalue weighted by atomic mass is 35.5. The maximum Gasteiger partial charge on any atom is 0.332 e. The topological polar surface area (TPSA) is 93.3 Å². The van der Waals surface area contributed by atoms with Crippen LogP contribution in [-0.2, 0) is 18.4 Å². The number of anilines is 1. The van der Waals surface area contributed by atoms with Gasteiger partial charge >= 0.3 is 5.69 Å². The Morgan fingerprint density at radius 3 is 2.74 bits per heavy atom. The van der Waals surface area contributed by atoms with Gasteiger partial charge in [0.2, 0.25) is 5.91 Å². The van der Waals surface area contributed by atoms with Crippen molar-refractivity contribution in [3.8, 4) is 17.6 Å². The summed E-state index contributed by atoms with van der Waals surface area (Å²) in [6.07, 6.45) is 2.53. The zero-order valence-corrected chi connectivity index (χ0v) is 15.4. The predicted molar refractivity (Wildman–Crippen MR) is 102 cm³/mol. The molecule has 2 aromatic rings. The smallest absolute Gasteiger partial charge is 0.332 e. The summed E-state index contributed by atoms with van der Waals surface area (Å²) < 4.78 is 2.01. The number of nitrogens with one attached hydrogen (secondary N) is 1. The van der Waals surface area contributed by atoms with Crippen LogP contribution < -0.4 is 16.6 Å². The van der Waals surface area contributed by atoms with E-state index < -0.39 is 11.2 Å². The highest BCUT2D eigenvalue weighted by Crippen LogP contribution is 2.28. The molecule has 3 rings (SSSR count). The summed E-state index contributed by atoms with van der Waals surface area (Å²) in [4.78, 5) is 36.9. The molecule has 1 heterocycles. The van der Waals surface area contributed by atoms with Crippen LogP contribution in [0.4, 0.5) is 5.69 Å². The van der Waals surface area contributed by atoms with Gasteiger partial charge in [-0.2, -0.15) is 0 Å². The molecule has 1 aromatic heterocycles. The maximum absolute atomic E-state index is 12.4. The Hall–Kier alpha value is -2.98. The van der Waals surface area contributed by atoms with Crippen molar-refractivity contribution in [2.75, 3.05) is 5.32 Å². The van der Waals surface area contributed by atoms with Crippen molar-refractivity contribution < 1.29 is 9.90 Å². The third-order valence-corrected chi connectivity index (χ3v) is 4.91. The summed E-state index contributed by atoms with van der Waals surface area (Å²) in [5.74, 6) is 5.29. The van der Waals surface area contributed by atoms with Crippen LogP contribution in [0.2, 0.25) is 5.15 Å². The molecule has 0 atom stereocenters. The van der Waals surface area contributed by atoms with Crippen molar-refractivity contribution >= 4 is 23.2 Å². The van der Waals surface area contributed by atoms with E-state index in [4.69, 9.17) is 11.6 Å². The van der Waals surface area contributed by atoms with E-state index in [1.165, 1.54) is 19.2 Å². The fraction of sp³-hybridized carbons (Fsp3) is 0.316. The lowest BCUT2D eigenvalue weighted by molar-refractivity contribution is -0.122. The van der Waals surface area contributed by atoms with Crippen LogP contribution in [0, 0.1) is 17.8 Å². The predicted octanol–water partition coefficient (Wildman–Crippen LogP) is 1.70. The fourth-order valence-electron chi connectivity index (χ4n) is 2.68. The van der Waals surface area contributed by atoms with Crippen LogP contribution in [0.25, 0.3) is 0 Å². The molecule has 0 spiro atoms. The normalized spacial score (nSPS) is 13.4. The number of benzene rings is 1. The van der Waals surface area contributed by atoms with Crippen LogP contribution in [0.1, 0.15) is 24.8 Å². The average molecular weight is 388 g/mol. The SMILES string of the molecule is Cn1c(=O)c(NC(=O)C2CCC2)c(Cl)n(CC#Cc2cccc(O)c2)c1=O. The van der Waals surface area contributed by atoms with E-state index in [2.05, 4.69) is 17.2 Å². The summed E-state index contributed by atoms with van der Waals surface area (Å²) in [6, 6.07) is 6.37. The minimum Gasteiger partial charge on any atom is -0.508 e. The van der Waals surface area contributed by atoms with Crippen molar-refractivity contribution in [3.05, 3.63) is 55.8 Å². The quantitative estimate of drug-likeness (QED) is 0.619. The van der Waals surface area contributed by atoms with Gasteiger partial charge in [0.05, 0.1) is 6.54 Å². The molecule has 0 aliphatic heterocycles. The number of carbonyl (C=O) groups excluding carboxylic acids is 1. The van der Waals surface area contributed by atoms with Gasteiger partial charge in [0.25, 0.3) is 5.56 Å². The lowest BCUT2D eigenvalue weighted by Crippen LogP contribution is -2.41. The number of phenols is 1. The van der Waals surface area contributed by atoms with Gasteiger partial charge in [0.15, 0.2) is 0 Å². The first kappa shape index (κ1) is 18.8. The van der Waals surface area contributed by atoms with Crippen molar-refractivity contribution in [1.29, 1.82) is 0 Å². The highest BCUT2D eigenvalue weighted by molar-refractivity contribution is 6.32.